The van der Waals surface area contributed by atoms with Crippen LogP contribution in [0.25, 0.3) is 6.08 Å². The summed E-state index contributed by atoms with van der Waals surface area (Å²) in [6.07, 6.45) is 4.99. The molecule has 0 saturated carbocycles. The fourth-order valence-corrected chi connectivity index (χ4v) is 3.86. The maximum atomic E-state index is 12.3. The van der Waals surface area contributed by atoms with E-state index >= 15 is 0 Å². The zero-order valence-corrected chi connectivity index (χ0v) is 19.2. The summed E-state index contributed by atoms with van der Waals surface area (Å²) in [5.74, 6) is 0.667. The molecule has 1 N–H and O–H groups in total. The second-order valence-corrected chi connectivity index (χ2v) is 8.55. The third-order valence-electron chi connectivity index (χ3n) is 4.94. The molecule has 30 heavy (non-hydrogen) atoms. The summed E-state index contributed by atoms with van der Waals surface area (Å²) < 4.78 is 12.5. The standard InChI is InChI=1S/C23H26BrClN2O3/c1-29-23(26-22(28)10-5-17-3-2-4-18(24)15-17)16-27-13-11-21(12-14-27)30-20-8-6-19(25)7-9-20/h2-10,15,21,23H,11-14,16H2,1H3,(H,26,28)/b10-5+. The van der Waals surface area contributed by atoms with Crippen LogP contribution in [0.1, 0.15) is 18.4 Å². The van der Waals surface area contributed by atoms with Crippen molar-refractivity contribution in [1.29, 1.82) is 0 Å². The highest BCUT2D eigenvalue weighted by molar-refractivity contribution is 9.10. The topological polar surface area (TPSA) is 50.8 Å². The number of likely N-dealkylation sites (tertiary alicyclic amines) is 1. The van der Waals surface area contributed by atoms with Crippen molar-refractivity contribution < 1.29 is 14.3 Å². The molecule has 0 aliphatic carbocycles. The molecule has 0 bridgehead atoms. The van der Waals surface area contributed by atoms with Gasteiger partial charge in [0.25, 0.3) is 0 Å². The van der Waals surface area contributed by atoms with E-state index in [1.165, 1.54) is 6.08 Å². The zero-order chi connectivity index (χ0) is 21.3. The number of benzene rings is 2. The van der Waals surface area contributed by atoms with Gasteiger partial charge < -0.3 is 14.8 Å². The van der Waals surface area contributed by atoms with E-state index in [1.54, 1.807) is 13.2 Å². The number of hydrogen-bond acceptors (Lipinski definition) is 4. The molecule has 2 aromatic carbocycles. The van der Waals surface area contributed by atoms with Crippen molar-refractivity contribution in [3.8, 4) is 5.75 Å². The molecule has 7 heteroatoms. The highest BCUT2D eigenvalue weighted by Crippen LogP contribution is 2.21. The lowest BCUT2D eigenvalue weighted by Gasteiger charge is -2.34. The first-order chi connectivity index (χ1) is 14.5. The highest BCUT2D eigenvalue weighted by atomic mass is 79.9. The number of methoxy groups -OCH3 is 1. The van der Waals surface area contributed by atoms with Crippen molar-refractivity contribution in [2.24, 2.45) is 0 Å². The van der Waals surface area contributed by atoms with E-state index in [2.05, 4.69) is 26.1 Å². The first-order valence-electron chi connectivity index (χ1n) is 9.93. The molecule has 5 nitrogen and oxygen atoms in total. The molecule has 1 saturated heterocycles. The predicted octanol–water partition coefficient (Wildman–Crippen LogP) is 4.75. The summed E-state index contributed by atoms with van der Waals surface area (Å²) in [6.45, 7) is 2.42. The Balaban J connectivity index is 1.42. The maximum absolute atomic E-state index is 12.3. The Bertz CT molecular complexity index is 852. The molecule has 1 aliphatic rings. The predicted molar refractivity (Wildman–Crippen MR) is 124 cm³/mol. The van der Waals surface area contributed by atoms with Gasteiger partial charge in [-0.3, -0.25) is 9.69 Å². The molecule has 3 rings (SSSR count). The van der Waals surface area contributed by atoms with Crippen molar-refractivity contribution in [1.82, 2.24) is 10.2 Å². The average molecular weight is 494 g/mol. The fourth-order valence-electron chi connectivity index (χ4n) is 3.32. The quantitative estimate of drug-likeness (QED) is 0.426. The molecule has 1 fully saturated rings. The lowest BCUT2D eigenvalue weighted by atomic mass is 10.1. The lowest BCUT2D eigenvalue weighted by Crippen LogP contribution is -2.48. The van der Waals surface area contributed by atoms with Gasteiger partial charge in [0.1, 0.15) is 18.1 Å². The first kappa shape index (κ1) is 22.8. The molecule has 0 spiro atoms. The number of carbonyl (C=O) groups is 1. The van der Waals surface area contributed by atoms with Crippen LogP contribution in [0.4, 0.5) is 0 Å². The molecule has 0 radical (unpaired) electrons. The third kappa shape index (κ3) is 7.43. The minimum Gasteiger partial charge on any atom is -0.490 e. The SMILES string of the molecule is COC(CN1CCC(Oc2ccc(Cl)cc2)CC1)NC(=O)/C=C/c1cccc(Br)c1. The van der Waals surface area contributed by atoms with E-state index in [4.69, 9.17) is 21.1 Å². The number of nitrogens with one attached hydrogen (secondary N) is 1. The van der Waals surface area contributed by atoms with E-state index in [-0.39, 0.29) is 18.2 Å². The minimum absolute atomic E-state index is 0.178. The maximum Gasteiger partial charge on any atom is 0.246 e. The summed E-state index contributed by atoms with van der Waals surface area (Å²) >= 11 is 9.35. The minimum atomic E-state index is -0.363. The monoisotopic (exact) mass is 492 g/mol. The molecule has 160 valence electrons. The third-order valence-corrected chi connectivity index (χ3v) is 5.68. The van der Waals surface area contributed by atoms with E-state index in [9.17, 15) is 4.79 Å². The zero-order valence-electron chi connectivity index (χ0n) is 16.9. The average Bonchev–Trinajstić information content (AvgIpc) is 2.75. The van der Waals surface area contributed by atoms with Crippen molar-refractivity contribution >= 4 is 39.5 Å². The summed E-state index contributed by atoms with van der Waals surface area (Å²) in [5, 5.41) is 3.61. The lowest BCUT2D eigenvalue weighted by molar-refractivity contribution is -0.120. The molecule has 1 atom stereocenters. The van der Waals surface area contributed by atoms with Crippen LogP contribution in [0.2, 0.25) is 5.02 Å². The summed E-state index contributed by atoms with van der Waals surface area (Å²) in [4.78, 5) is 14.5. The van der Waals surface area contributed by atoms with E-state index in [1.807, 2.05) is 48.5 Å². The van der Waals surface area contributed by atoms with Crippen LogP contribution in [0.5, 0.6) is 5.75 Å². The number of carbonyl (C=O) groups excluding carboxylic acids is 1. The van der Waals surface area contributed by atoms with Gasteiger partial charge in [0.2, 0.25) is 5.91 Å². The molecule has 1 unspecified atom stereocenters. The number of rotatable bonds is 8. The first-order valence-corrected chi connectivity index (χ1v) is 11.1. The van der Waals surface area contributed by atoms with Crippen molar-refractivity contribution in [2.45, 2.75) is 25.2 Å². The van der Waals surface area contributed by atoms with Crippen LogP contribution in [-0.4, -0.2) is 49.9 Å². The summed E-state index contributed by atoms with van der Waals surface area (Å²) in [6, 6.07) is 15.2. The normalized spacial score (nSPS) is 16.5. The van der Waals surface area contributed by atoms with Crippen LogP contribution in [-0.2, 0) is 9.53 Å². The van der Waals surface area contributed by atoms with Crippen molar-refractivity contribution in [3.63, 3.8) is 0 Å². The molecular weight excluding hydrogens is 468 g/mol. The fraction of sp³-hybridized carbons (Fsp3) is 0.348. The Hall–Kier alpha value is -1.86. The van der Waals surface area contributed by atoms with E-state index in [0.717, 1.165) is 41.7 Å². The van der Waals surface area contributed by atoms with Crippen LogP contribution >= 0.6 is 27.5 Å². The Morgan fingerprint density at radius 1 is 1.27 bits per heavy atom. The Kier molecular flexibility index (Phi) is 8.75. The molecular formula is C23H26BrClN2O3. The van der Waals surface area contributed by atoms with E-state index < -0.39 is 0 Å². The van der Waals surface area contributed by atoms with Crippen LogP contribution in [0, 0.1) is 0 Å². The van der Waals surface area contributed by atoms with Gasteiger partial charge in [0.15, 0.2) is 0 Å². The Morgan fingerprint density at radius 2 is 2.00 bits per heavy atom. The van der Waals surface area contributed by atoms with Crippen LogP contribution in [0.3, 0.4) is 0 Å². The molecule has 0 aromatic heterocycles. The number of nitrogens with zero attached hydrogens (tertiary/aromatic N) is 1. The number of hydrogen-bond donors (Lipinski definition) is 1. The van der Waals surface area contributed by atoms with Gasteiger partial charge in [-0.1, -0.05) is 39.7 Å². The molecule has 1 aliphatic heterocycles. The van der Waals surface area contributed by atoms with Crippen molar-refractivity contribution in [2.75, 3.05) is 26.7 Å². The Labute approximate surface area is 191 Å². The number of amides is 1. The van der Waals surface area contributed by atoms with Gasteiger partial charge in [-0.05, 0) is 60.9 Å². The highest BCUT2D eigenvalue weighted by Gasteiger charge is 2.23. The molecule has 2 aromatic rings. The number of halogens is 2. The number of ether oxygens (including phenoxy) is 2. The second-order valence-electron chi connectivity index (χ2n) is 7.19. The van der Waals surface area contributed by atoms with Gasteiger partial charge >= 0.3 is 0 Å². The summed E-state index contributed by atoms with van der Waals surface area (Å²) in [5.41, 5.74) is 0.955. The second kappa shape index (κ2) is 11.5. The smallest absolute Gasteiger partial charge is 0.246 e. The Morgan fingerprint density at radius 3 is 2.67 bits per heavy atom. The molecule has 1 amide bonds. The van der Waals surface area contributed by atoms with Gasteiger partial charge in [-0.25, -0.2) is 0 Å². The molecule has 1 heterocycles. The van der Waals surface area contributed by atoms with Gasteiger partial charge in [0, 0.05) is 42.3 Å². The van der Waals surface area contributed by atoms with Crippen molar-refractivity contribution in [3.05, 3.63) is 69.7 Å². The van der Waals surface area contributed by atoms with E-state index in [0.29, 0.717) is 11.6 Å². The van der Waals surface area contributed by atoms with Crippen LogP contribution < -0.4 is 10.1 Å². The largest absolute Gasteiger partial charge is 0.490 e. The number of piperidine rings is 1. The van der Waals surface area contributed by atoms with Gasteiger partial charge in [-0.15, -0.1) is 0 Å². The van der Waals surface area contributed by atoms with Crippen LogP contribution in [0.15, 0.2) is 59.1 Å². The van der Waals surface area contributed by atoms with Gasteiger partial charge in [0.05, 0.1) is 0 Å². The van der Waals surface area contributed by atoms with Gasteiger partial charge in [-0.2, -0.15) is 0 Å². The summed E-state index contributed by atoms with van der Waals surface area (Å²) in [7, 11) is 1.61.